The molecule has 0 unspecified atom stereocenters. The lowest BCUT2D eigenvalue weighted by atomic mass is 10.1. The van der Waals surface area contributed by atoms with Gasteiger partial charge in [0.2, 0.25) is 0 Å². The number of hydrogen-bond acceptors (Lipinski definition) is 6. The van der Waals surface area contributed by atoms with Crippen LogP contribution in [0.1, 0.15) is 17.5 Å². The van der Waals surface area contributed by atoms with E-state index in [-0.39, 0.29) is 23.7 Å². The Hall–Kier alpha value is -3.54. The Morgan fingerprint density at radius 3 is 2.21 bits per heavy atom. The fraction of sp³-hybridized carbons (Fsp3) is 0.182. The standard InChI is InChI=1S/C22H20O6/c1-26-20-8-4-15(12-19(20)25)2-6-17(23)14-18(24)7-3-16-5-9-21-22(13-16)28-11-10-27-21/h2-9,12-13,25H,10-11,14H2,1H3/b6-2+,7-3+. The van der Waals surface area contributed by atoms with Crippen molar-refractivity contribution in [3.8, 4) is 23.0 Å². The predicted octanol–water partition coefficient (Wildman–Crippen LogP) is 3.43. The number of fused-ring (bicyclic) bond motifs is 1. The first kappa shape index (κ1) is 19.2. The number of ether oxygens (including phenoxy) is 3. The molecule has 28 heavy (non-hydrogen) atoms. The summed E-state index contributed by atoms with van der Waals surface area (Å²) in [5.41, 5.74) is 1.42. The summed E-state index contributed by atoms with van der Waals surface area (Å²) >= 11 is 0. The molecule has 0 spiro atoms. The Kier molecular flexibility index (Phi) is 6.11. The maximum absolute atomic E-state index is 12.0. The van der Waals surface area contributed by atoms with Gasteiger partial charge < -0.3 is 19.3 Å². The largest absolute Gasteiger partial charge is 0.504 e. The third-order valence-corrected chi connectivity index (χ3v) is 4.04. The maximum atomic E-state index is 12.0. The number of phenolic OH excluding ortho intramolecular Hbond substituents is 1. The smallest absolute Gasteiger partial charge is 0.163 e. The molecule has 0 fully saturated rings. The Balaban J connectivity index is 1.56. The van der Waals surface area contributed by atoms with E-state index >= 15 is 0 Å². The van der Waals surface area contributed by atoms with E-state index in [4.69, 9.17) is 14.2 Å². The van der Waals surface area contributed by atoms with Crippen molar-refractivity contribution in [2.75, 3.05) is 20.3 Å². The number of rotatable bonds is 7. The molecular formula is C22H20O6. The van der Waals surface area contributed by atoms with Crippen molar-refractivity contribution >= 4 is 23.7 Å². The lowest BCUT2D eigenvalue weighted by Gasteiger charge is -2.18. The molecule has 0 amide bonds. The summed E-state index contributed by atoms with van der Waals surface area (Å²) in [4.78, 5) is 24.0. The lowest BCUT2D eigenvalue weighted by Crippen LogP contribution is -2.15. The van der Waals surface area contributed by atoms with E-state index in [9.17, 15) is 14.7 Å². The highest BCUT2D eigenvalue weighted by molar-refractivity contribution is 6.10. The number of carbonyl (C=O) groups excluding carboxylic acids is 2. The highest BCUT2D eigenvalue weighted by atomic mass is 16.6. The predicted molar refractivity (Wildman–Crippen MR) is 105 cm³/mol. The second-order valence-corrected chi connectivity index (χ2v) is 6.11. The number of carbonyl (C=O) groups is 2. The number of methoxy groups -OCH3 is 1. The molecule has 1 N–H and O–H groups in total. The van der Waals surface area contributed by atoms with Gasteiger partial charge in [0.05, 0.1) is 13.5 Å². The van der Waals surface area contributed by atoms with Crippen LogP contribution in [-0.2, 0) is 9.59 Å². The van der Waals surface area contributed by atoms with Crippen LogP contribution in [0.15, 0.2) is 48.6 Å². The van der Waals surface area contributed by atoms with E-state index in [1.807, 2.05) is 6.07 Å². The number of allylic oxidation sites excluding steroid dienone is 2. The molecule has 0 saturated heterocycles. The van der Waals surface area contributed by atoms with Crippen molar-refractivity contribution in [3.05, 3.63) is 59.7 Å². The number of ketones is 2. The molecule has 2 aromatic carbocycles. The van der Waals surface area contributed by atoms with Crippen LogP contribution in [-0.4, -0.2) is 37.0 Å². The Morgan fingerprint density at radius 1 is 0.964 bits per heavy atom. The van der Waals surface area contributed by atoms with Gasteiger partial charge in [0.25, 0.3) is 0 Å². The topological polar surface area (TPSA) is 82.1 Å². The maximum Gasteiger partial charge on any atom is 0.163 e. The second kappa shape index (κ2) is 8.90. The van der Waals surface area contributed by atoms with Gasteiger partial charge in [-0.25, -0.2) is 0 Å². The number of phenols is 1. The Bertz CT molecular complexity index is 942. The molecule has 0 bridgehead atoms. The van der Waals surface area contributed by atoms with E-state index in [2.05, 4.69) is 0 Å². The van der Waals surface area contributed by atoms with Gasteiger partial charge in [-0.05, 0) is 47.5 Å². The van der Waals surface area contributed by atoms with Gasteiger partial charge in [-0.1, -0.05) is 24.3 Å². The zero-order valence-corrected chi connectivity index (χ0v) is 15.4. The van der Waals surface area contributed by atoms with Gasteiger partial charge in [0.15, 0.2) is 34.6 Å². The molecule has 144 valence electrons. The summed E-state index contributed by atoms with van der Waals surface area (Å²) < 4.78 is 15.9. The molecule has 0 radical (unpaired) electrons. The number of aromatic hydroxyl groups is 1. The minimum absolute atomic E-state index is 0.0180. The molecule has 1 aliphatic heterocycles. The van der Waals surface area contributed by atoms with Crippen LogP contribution in [0, 0.1) is 0 Å². The van der Waals surface area contributed by atoms with Gasteiger partial charge >= 0.3 is 0 Å². The van der Waals surface area contributed by atoms with Gasteiger partial charge in [-0.3, -0.25) is 9.59 Å². The summed E-state index contributed by atoms with van der Waals surface area (Å²) in [5, 5.41) is 9.73. The lowest BCUT2D eigenvalue weighted by molar-refractivity contribution is -0.121. The Morgan fingerprint density at radius 2 is 1.57 bits per heavy atom. The summed E-state index contributed by atoms with van der Waals surface area (Å²) in [6.45, 7) is 1.01. The highest BCUT2D eigenvalue weighted by Gasteiger charge is 2.11. The second-order valence-electron chi connectivity index (χ2n) is 6.11. The monoisotopic (exact) mass is 380 g/mol. The normalized spacial score (nSPS) is 13.0. The van der Waals surface area contributed by atoms with Crippen molar-refractivity contribution < 1.29 is 28.9 Å². The van der Waals surface area contributed by atoms with Crippen LogP contribution >= 0.6 is 0 Å². The van der Waals surface area contributed by atoms with Crippen molar-refractivity contribution in [2.24, 2.45) is 0 Å². The van der Waals surface area contributed by atoms with Gasteiger partial charge in [-0.2, -0.15) is 0 Å². The van der Waals surface area contributed by atoms with Crippen molar-refractivity contribution in [3.63, 3.8) is 0 Å². The first-order valence-electron chi connectivity index (χ1n) is 8.73. The van der Waals surface area contributed by atoms with Crippen LogP contribution in [0.2, 0.25) is 0 Å². The molecular weight excluding hydrogens is 360 g/mol. The minimum Gasteiger partial charge on any atom is -0.504 e. The average Bonchev–Trinajstić information content (AvgIpc) is 2.70. The summed E-state index contributed by atoms with van der Waals surface area (Å²) in [6.07, 6.45) is 5.63. The average molecular weight is 380 g/mol. The van der Waals surface area contributed by atoms with Crippen molar-refractivity contribution in [1.82, 2.24) is 0 Å². The van der Waals surface area contributed by atoms with E-state index in [1.165, 1.54) is 25.3 Å². The van der Waals surface area contributed by atoms with E-state index in [0.717, 1.165) is 5.56 Å². The highest BCUT2D eigenvalue weighted by Crippen LogP contribution is 2.31. The van der Waals surface area contributed by atoms with E-state index in [0.29, 0.717) is 36.0 Å². The third-order valence-electron chi connectivity index (χ3n) is 4.04. The van der Waals surface area contributed by atoms with Gasteiger partial charge in [-0.15, -0.1) is 0 Å². The van der Waals surface area contributed by atoms with E-state index in [1.54, 1.807) is 36.4 Å². The van der Waals surface area contributed by atoms with Crippen LogP contribution in [0.3, 0.4) is 0 Å². The minimum atomic E-state index is -0.327. The molecule has 0 aliphatic carbocycles. The molecule has 1 aliphatic rings. The van der Waals surface area contributed by atoms with Crippen molar-refractivity contribution in [1.29, 1.82) is 0 Å². The summed E-state index contributed by atoms with van der Waals surface area (Å²) in [7, 11) is 1.46. The van der Waals surface area contributed by atoms with Crippen LogP contribution in [0.25, 0.3) is 12.2 Å². The molecule has 0 atom stereocenters. The van der Waals surface area contributed by atoms with Gasteiger partial charge in [0.1, 0.15) is 13.2 Å². The first-order valence-corrected chi connectivity index (χ1v) is 8.73. The zero-order chi connectivity index (χ0) is 19.9. The summed E-state index contributed by atoms with van der Waals surface area (Å²) in [5.74, 6) is 1.02. The zero-order valence-electron chi connectivity index (χ0n) is 15.4. The third kappa shape index (κ3) is 5.01. The molecule has 0 aromatic heterocycles. The Labute approximate surface area is 162 Å². The number of benzene rings is 2. The summed E-state index contributed by atoms with van der Waals surface area (Å²) in [6, 6.07) is 10.2. The quantitative estimate of drug-likeness (QED) is 0.585. The van der Waals surface area contributed by atoms with Crippen LogP contribution in [0.4, 0.5) is 0 Å². The van der Waals surface area contributed by atoms with E-state index < -0.39 is 0 Å². The van der Waals surface area contributed by atoms with Crippen LogP contribution in [0.5, 0.6) is 23.0 Å². The molecule has 1 heterocycles. The molecule has 2 aromatic rings. The SMILES string of the molecule is COc1ccc(/C=C/C(=O)CC(=O)/C=C/c2ccc3c(c2)OCCO3)cc1O. The van der Waals surface area contributed by atoms with Crippen LogP contribution < -0.4 is 14.2 Å². The van der Waals surface area contributed by atoms with Gasteiger partial charge in [0, 0.05) is 0 Å². The van der Waals surface area contributed by atoms with Crippen molar-refractivity contribution in [2.45, 2.75) is 6.42 Å². The fourth-order valence-corrected chi connectivity index (χ4v) is 2.64. The molecule has 6 nitrogen and oxygen atoms in total. The molecule has 0 saturated carbocycles. The molecule has 3 rings (SSSR count). The molecule has 6 heteroatoms. The number of hydrogen-bond donors (Lipinski definition) is 1. The first-order chi connectivity index (χ1) is 13.5. The fourth-order valence-electron chi connectivity index (χ4n) is 2.64.